The van der Waals surface area contributed by atoms with Crippen molar-refractivity contribution in [3.8, 4) is 5.69 Å². The molecule has 0 saturated carbocycles. The Hall–Kier alpha value is -2.49. The number of nitrogens with zero attached hydrogens (tertiary/aromatic N) is 4. The van der Waals surface area contributed by atoms with Crippen molar-refractivity contribution in [1.82, 2.24) is 19.1 Å². The van der Waals surface area contributed by atoms with Crippen LogP contribution in [0.3, 0.4) is 0 Å². The highest BCUT2D eigenvalue weighted by Crippen LogP contribution is 2.24. The van der Waals surface area contributed by atoms with Crippen molar-refractivity contribution in [1.29, 1.82) is 0 Å². The molecular weight excluding hydrogens is 420 g/mol. The standard InChI is InChI=1S/C21H22N4O3S2/c1-16-6-2-3-7-19(16)25-15-22-23-21(25)29-14-20(26)17-8-10-18(11-9-17)30(27,28)24-12-4-5-13-24/h2-3,6-11,15H,4-5,12-14H2,1H3. The van der Waals surface area contributed by atoms with Crippen molar-refractivity contribution in [2.75, 3.05) is 18.8 Å². The molecule has 0 aliphatic carbocycles. The number of thioether (sulfide) groups is 1. The third-order valence-corrected chi connectivity index (χ3v) is 7.96. The molecule has 9 heteroatoms. The molecule has 1 aliphatic rings. The minimum atomic E-state index is -3.47. The van der Waals surface area contributed by atoms with Crippen LogP contribution in [0.25, 0.3) is 5.69 Å². The maximum atomic E-state index is 12.6. The largest absolute Gasteiger partial charge is 0.293 e. The molecule has 1 fully saturated rings. The van der Waals surface area contributed by atoms with E-state index in [1.807, 2.05) is 35.8 Å². The van der Waals surface area contributed by atoms with E-state index in [1.165, 1.54) is 28.2 Å². The Morgan fingerprint density at radius 1 is 1.07 bits per heavy atom. The summed E-state index contributed by atoms with van der Waals surface area (Å²) in [5, 5.41) is 8.74. The maximum Gasteiger partial charge on any atom is 0.243 e. The van der Waals surface area contributed by atoms with Gasteiger partial charge in [0.05, 0.1) is 16.3 Å². The molecule has 1 saturated heterocycles. The summed E-state index contributed by atoms with van der Waals surface area (Å²) in [6.07, 6.45) is 3.41. The topological polar surface area (TPSA) is 85.2 Å². The molecule has 0 radical (unpaired) electrons. The molecule has 1 aliphatic heterocycles. The van der Waals surface area contributed by atoms with E-state index < -0.39 is 10.0 Å². The Morgan fingerprint density at radius 3 is 2.47 bits per heavy atom. The highest BCUT2D eigenvalue weighted by atomic mass is 32.2. The van der Waals surface area contributed by atoms with Crippen molar-refractivity contribution in [2.45, 2.75) is 29.8 Å². The minimum Gasteiger partial charge on any atom is -0.293 e. The van der Waals surface area contributed by atoms with Crippen LogP contribution in [0.2, 0.25) is 0 Å². The highest BCUT2D eigenvalue weighted by molar-refractivity contribution is 7.99. The van der Waals surface area contributed by atoms with Gasteiger partial charge in [0.25, 0.3) is 0 Å². The molecule has 3 aromatic rings. The SMILES string of the molecule is Cc1ccccc1-n1cnnc1SCC(=O)c1ccc(S(=O)(=O)N2CCCC2)cc1. The second kappa shape index (κ2) is 8.71. The van der Waals surface area contributed by atoms with Gasteiger partial charge >= 0.3 is 0 Å². The van der Waals surface area contributed by atoms with Gasteiger partial charge < -0.3 is 0 Å². The zero-order valence-electron chi connectivity index (χ0n) is 16.6. The average molecular weight is 443 g/mol. The van der Waals surface area contributed by atoms with Crippen LogP contribution in [0.1, 0.15) is 28.8 Å². The van der Waals surface area contributed by atoms with Crippen LogP contribution in [0.15, 0.2) is 64.9 Å². The lowest BCUT2D eigenvalue weighted by molar-refractivity contribution is 0.102. The summed E-state index contributed by atoms with van der Waals surface area (Å²) in [7, 11) is -3.47. The van der Waals surface area contributed by atoms with Crippen LogP contribution in [0, 0.1) is 6.92 Å². The monoisotopic (exact) mass is 442 g/mol. The quantitative estimate of drug-likeness (QED) is 0.412. The van der Waals surface area contributed by atoms with Gasteiger partial charge in [0.15, 0.2) is 10.9 Å². The van der Waals surface area contributed by atoms with Crippen LogP contribution >= 0.6 is 11.8 Å². The number of sulfonamides is 1. The fourth-order valence-electron chi connectivity index (χ4n) is 3.43. The molecule has 1 aromatic heterocycles. The number of benzene rings is 2. The van der Waals surface area contributed by atoms with E-state index >= 15 is 0 Å². The van der Waals surface area contributed by atoms with E-state index in [2.05, 4.69) is 10.2 Å². The lowest BCUT2D eigenvalue weighted by Crippen LogP contribution is -2.27. The molecule has 156 valence electrons. The molecular formula is C21H22N4O3S2. The number of carbonyl (C=O) groups excluding carboxylic acids is 1. The Balaban J connectivity index is 1.44. The van der Waals surface area contributed by atoms with Gasteiger partial charge in [0.2, 0.25) is 10.0 Å². The molecule has 0 N–H and O–H groups in total. The number of rotatable bonds is 7. The summed E-state index contributed by atoms with van der Waals surface area (Å²) in [5.41, 5.74) is 2.53. The van der Waals surface area contributed by atoms with Crippen molar-refractivity contribution >= 4 is 27.6 Å². The first-order valence-electron chi connectivity index (χ1n) is 9.69. The molecule has 2 heterocycles. The number of aromatic nitrogens is 3. The smallest absolute Gasteiger partial charge is 0.243 e. The predicted octanol–water partition coefficient (Wildman–Crippen LogP) is 3.34. The molecule has 4 rings (SSSR count). The molecule has 30 heavy (non-hydrogen) atoms. The van der Waals surface area contributed by atoms with Gasteiger partial charge in [-0.3, -0.25) is 9.36 Å². The van der Waals surface area contributed by atoms with Gasteiger partial charge in [-0.25, -0.2) is 8.42 Å². The molecule has 2 aromatic carbocycles. The number of para-hydroxylation sites is 1. The zero-order valence-corrected chi connectivity index (χ0v) is 18.2. The molecule has 0 bridgehead atoms. The first-order valence-corrected chi connectivity index (χ1v) is 12.1. The van der Waals surface area contributed by atoms with E-state index in [4.69, 9.17) is 0 Å². The van der Waals surface area contributed by atoms with E-state index in [-0.39, 0.29) is 16.4 Å². The summed E-state index contributed by atoms with van der Waals surface area (Å²) in [5.74, 6) is 0.0902. The fourth-order valence-corrected chi connectivity index (χ4v) is 5.76. The Bertz CT molecular complexity index is 1150. The van der Waals surface area contributed by atoms with E-state index in [0.29, 0.717) is 23.8 Å². The normalized spacial score (nSPS) is 14.8. The zero-order chi connectivity index (χ0) is 21.1. The number of carbonyl (C=O) groups is 1. The van der Waals surface area contributed by atoms with Crippen LogP contribution in [0.5, 0.6) is 0 Å². The third-order valence-electron chi connectivity index (χ3n) is 5.10. The van der Waals surface area contributed by atoms with Crippen molar-refractivity contribution in [2.24, 2.45) is 0 Å². The highest BCUT2D eigenvalue weighted by Gasteiger charge is 2.27. The lowest BCUT2D eigenvalue weighted by Gasteiger charge is -2.15. The number of hydrogen-bond acceptors (Lipinski definition) is 6. The summed E-state index contributed by atoms with van der Waals surface area (Å²) >= 11 is 1.30. The van der Waals surface area contributed by atoms with Crippen LogP contribution in [0.4, 0.5) is 0 Å². The molecule has 0 atom stereocenters. The van der Waals surface area contributed by atoms with Crippen LogP contribution < -0.4 is 0 Å². The molecule has 0 spiro atoms. The maximum absolute atomic E-state index is 12.6. The van der Waals surface area contributed by atoms with Crippen molar-refractivity contribution in [3.63, 3.8) is 0 Å². The molecule has 7 nitrogen and oxygen atoms in total. The summed E-state index contributed by atoms with van der Waals surface area (Å²) in [4.78, 5) is 12.9. The number of hydrogen-bond donors (Lipinski definition) is 0. The minimum absolute atomic E-state index is 0.0931. The number of aryl methyl sites for hydroxylation is 1. The van der Waals surface area contributed by atoms with Gasteiger partial charge in [-0.2, -0.15) is 4.31 Å². The van der Waals surface area contributed by atoms with Crippen LogP contribution in [-0.4, -0.2) is 52.1 Å². The van der Waals surface area contributed by atoms with Gasteiger partial charge in [-0.15, -0.1) is 10.2 Å². The van der Waals surface area contributed by atoms with Gasteiger partial charge in [-0.1, -0.05) is 42.1 Å². The third kappa shape index (κ3) is 4.19. The number of Topliss-reactive ketones (excluding diaryl/α,β-unsaturated/α-hetero) is 1. The summed E-state index contributed by atoms with van der Waals surface area (Å²) in [6.45, 7) is 3.12. The second-order valence-corrected chi connectivity index (χ2v) is 10.00. The average Bonchev–Trinajstić information content (AvgIpc) is 3.45. The first-order chi connectivity index (χ1) is 14.5. The van der Waals surface area contributed by atoms with E-state index in [1.54, 1.807) is 18.5 Å². The molecule has 0 amide bonds. The Morgan fingerprint density at radius 2 is 1.77 bits per heavy atom. The molecule has 0 unspecified atom stereocenters. The van der Waals surface area contributed by atoms with Crippen LogP contribution in [-0.2, 0) is 10.0 Å². The second-order valence-electron chi connectivity index (χ2n) is 7.12. The number of ketones is 1. The van der Waals surface area contributed by atoms with Gasteiger partial charge in [-0.05, 0) is 43.5 Å². The van der Waals surface area contributed by atoms with Crippen molar-refractivity contribution in [3.05, 3.63) is 66.0 Å². The van der Waals surface area contributed by atoms with Crippen molar-refractivity contribution < 1.29 is 13.2 Å². The summed E-state index contributed by atoms with van der Waals surface area (Å²) in [6, 6.07) is 14.1. The predicted molar refractivity (Wildman–Crippen MR) is 116 cm³/mol. The first kappa shape index (κ1) is 20.8. The fraction of sp³-hybridized carbons (Fsp3) is 0.286. The van der Waals surface area contributed by atoms with Gasteiger partial charge in [0, 0.05) is 18.7 Å². The Kier molecular flexibility index (Phi) is 6.03. The van der Waals surface area contributed by atoms with E-state index in [0.717, 1.165) is 24.1 Å². The summed E-state index contributed by atoms with van der Waals surface area (Å²) < 4.78 is 28.6. The Labute approximate surface area is 180 Å². The lowest BCUT2D eigenvalue weighted by atomic mass is 10.1. The van der Waals surface area contributed by atoms with E-state index in [9.17, 15) is 13.2 Å². The van der Waals surface area contributed by atoms with Gasteiger partial charge in [0.1, 0.15) is 6.33 Å².